The van der Waals surface area contributed by atoms with Crippen LogP contribution in [0.15, 0.2) is 72.9 Å². The van der Waals surface area contributed by atoms with Crippen LogP contribution < -0.4 is 10.2 Å². The molecule has 1 aromatic heterocycles. The van der Waals surface area contributed by atoms with Gasteiger partial charge in [-0.05, 0) is 48.4 Å². The summed E-state index contributed by atoms with van der Waals surface area (Å²) in [5, 5.41) is 11.1. The standard InChI is InChI=1S/C25H25N5O2/c31-24(20-12-14-29(15-20)23-7-4-13-26-28-23)27-22-10-8-18(9-11-22)21-16-30(17-21)25(32)19-5-2-1-3-6-19/h1-11,13,20-21H,12,14-17H2,(H,27,31). The monoisotopic (exact) mass is 427 g/mol. The third-order valence-corrected chi connectivity index (χ3v) is 6.28. The van der Waals surface area contributed by atoms with E-state index in [0.717, 1.165) is 43.1 Å². The molecular formula is C25H25N5O2. The number of carbonyl (C=O) groups is 2. The van der Waals surface area contributed by atoms with Crippen molar-refractivity contribution in [3.05, 3.63) is 84.1 Å². The van der Waals surface area contributed by atoms with Crippen molar-refractivity contribution in [2.24, 2.45) is 5.92 Å². The van der Waals surface area contributed by atoms with Gasteiger partial charge in [-0.25, -0.2) is 0 Å². The maximum atomic E-state index is 12.7. The zero-order valence-electron chi connectivity index (χ0n) is 17.7. The van der Waals surface area contributed by atoms with Crippen LogP contribution in [0.2, 0.25) is 0 Å². The number of likely N-dealkylation sites (tertiary alicyclic amines) is 1. The van der Waals surface area contributed by atoms with Gasteiger partial charge in [0.25, 0.3) is 5.91 Å². The van der Waals surface area contributed by atoms with E-state index in [2.05, 4.69) is 20.4 Å². The first-order chi connectivity index (χ1) is 15.7. The van der Waals surface area contributed by atoms with Crippen LogP contribution in [0.5, 0.6) is 0 Å². The van der Waals surface area contributed by atoms with Gasteiger partial charge in [0.05, 0.1) is 5.92 Å². The molecule has 0 radical (unpaired) electrons. The molecule has 0 spiro atoms. The molecule has 3 heterocycles. The average Bonchev–Trinajstić information content (AvgIpc) is 3.31. The summed E-state index contributed by atoms with van der Waals surface area (Å²) >= 11 is 0. The Morgan fingerprint density at radius 2 is 1.69 bits per heavy atom. The molecule has 7 nitrogen and oxygen atoms in total. The van der Waals surface area contributed by atoms with Gasteiger partial charge in [0, 0.05) is 49.5 Å². The first-order valence-electron chi connectivity index (χ1n) is 10.9. The second-order valence-corrected chi connectivity index (χ2v) is 8.40. The largest absolute Gasteiger partial charge is 0.354 e. The third kappa shape index (κ3) is 4.19. The first kappa shape index (κ1) is 20.2. The molecule has 0 bridgehead atoms. The summed E-state index contributed by atoms with van der Waals surface area (Å²) in [5.41, 5.74) is 2.72. The number of aromatic nitrogens is 2. The van der Waals surface area contributed by atoms with Gasteiger partial charge in [-0.3, -0.25) is 9.59 Å². The Kier molecular flexibility index (Phi) is 5.54. The summed E-state index contributed by atoms with van der Waals surface area (Å²) in [6.45, 7) is 2.89. The number of nitrogens with one attached hydrogen (secondary N) is 1. The Morgan fingerprint density at radius 1 is 0.906 bits per heavy atom. The van der Waals surface area contributed by atoms with Crippen LogP contribution in [-0.2, 0) is 4.79 Å². The topological polar surface area (TPSA) is 78.4 Å². The van der Waals surface area contributed by atoms with E-state index in [-0.39, 0.29) is 17.7 Å². The molecule has 2 aliphatic rings. The summed E-state index contributed by atoms with van der Waals surface area (Å²) in [4.78, 5) is 29.2. The molecule has 3 aromatic rings. The molecule has 5 rings (SSSR count). The summed E-state index contributed by atoms with van der Waals surface area (Å²) in [7, 11) is 0. The average molecular weight is 428 g/mol. The van der Waals surface area contributed by atoms with Gasteiger partial charge in [0.1, 0.15) is 0 Å². The fourth-order valence-electron chi connectivity index (χ4n) is 4.35. The highest BCUT2D eigenvalue weighted by molar-refractivity contribution is 5.95. The van der Waals surface area contributed by atoms with Crippen molar-refractivity contribution < 1.29 is 9.59 Å². The van der Waals surface area contributed by atoms with Gasteiger partial charge >= 0.3 is 0 Å². The lowest BCUT2D eigenvalue weighted by atomic mass is 9.90. The summed E-state index contributed by atoms with van der Waals surface area (Å²) < 4.78 is 0. The third-order valence-electron chi connectivity index (χ3n) is 6.28. The molecule has 2 aromatic carbocycles. The van der Waals surface area contributed by atoms with Crippen LogP contribution >= 0.6 is 0 Å². The lowest BCUT2D eigenvalue weighted by Gasteiger charge is -2.39. The van der Waals surface area contributed by atoms with E-state index < -0.39 is 0 Å². The van der Waals surface area contributed by atoms with Crippen molar-refractivity contribution in [2.75, 3.05) is 36.4 Å². The molecule has 2 aliphatic heterocycles. The smallest absolute Gasteiger partial charge is 0.253 e. The predicted octanol–water partition coefficient (Wildman–Crippen LogP) is 3.18. The number of nitrogens with zero attached hydrogens (tertiary/aromatic N) is 4. The second-order valence-electron chi connectivity index (χ2n) is 8.40. The van der Waals surface area contributed by atoms with Crippen LogP contribution in [0.3, 0.4) is 0 Å². The molecule has 0 saturated carbocycles. The molecule has 162 valence electrons. The second kappa shape index (κ2) is 8.78. The number of carbonyl (C=O) groups excluding carboxylic acids is 2. The van der Waals surface area contributed by atoms with Crippen molar-refractivity contribution in [2.45, 2.75) is 12.3 Å². The van der Waals surface area contributed by atoms with Gasteiger partial charge in [-0.1, -0.05) is 30.3 Å². The minimum absolute atomic E-state index is 0.0346. The van der Waals surface area contributed by atoms with E-state index >= 15 is 0 Å². The first-order valence-corrected chi connectivity index (χ1v) is 10.9. The highest BCUT2D eigenvalue weighted by atomic mass is 16.2. The van der Waals surface area contributed by atoms with Crippen molar-refractivity contribution in [3.8, 4) is 0 Å². The summed E-state index contributed by atoms with van der Waals surface area (Å²) in [6.07, 6.45) is 2.45. The van der Waals surface area contributed by atoms with E-state index in [1.54, 1.807) is 6.20 Å². The molecular weight excluding hydrogens is 402 g/mol. The number of rotatable bonds is 5. The highest BCUT2D eigenvalue weighted by Crippen LogP contribution is 2.29. The summed E-state index contributed by atoms with van der Waals surface area (Å²) in [5.74, 6) is 1.20. The molecule has 7 heteroatoms. The van der Waals surface area contributed by atoms with Gasteiger partial charge < -0.3 is 15.1 Å². The lowest BCUT2D eigenvalue weighted by molar-refractivity contribution is -0.119. The summed E-state index contributed by atoms with van der Waals surface area (Å²) in [6, 6.07) is 21.2. The van der Waals surface area contributed by atoms with Crippen LogP contribution in [0.25, 0.3) is 0 Å². The molecule has 2 saturated heterocycles. The molecule has 32 heavy (non-hydrogen) atoms. The van der Waals surface area contributed by atoms with Gasteiger partial charge in [0.15, 0.2) is 5.82 Å². The van der Waals surface area contributed by atoms with Gasteiger partial charge in [-0.15, -0.1) is 5.10 Å². The number of hydrogen-bond acceptors (Lipinski definition) is 5. The molecule has 2 fully saturated rings. The van der Waals surface area contributed by atoms with Crippen LogP contribution in [0.4, 0.5) is 11.5 Å². The predicted molar refractivity (Wildman–Crippen MR) is 123 cm³/mol. The SMILES string of the molecule is O=C(Nc1ccc(C2CN(C(=O)c3ccccc3)C2)cc1)C1CCN(c2cccnn2)C1. The number of hydrogen-bond donors (Lipinski definition) is 1. The maximum absolute atomic E-state index is 12.7. The van der Waals surface area contributed by atoms with Crippen LogP contribution in [0.1, 0.15) is 28.3 Å². The van der Waals surface area contributed by atoms with E-state index in [1.165, 1.54) is 5.56 Å². The molecule has 1 atom stereocenters. The fourth-order valence-corrected chi connectivity index (χ4v) is 4.35. The highest BCUT2D eigenvalue weighted by Gasteiger charge is 2.32. The molecule has 2 amide bonds. The Bertz CT molecular complexity index is 1080. The zero-order valence-corrected chi connectivity index (χ0v) is 17.7. The quantitative estimate of drug-likeness (QED) is 0.677. The van der Waals surface area contributed by atoms with Gasteiger partial charge in [0.2, 0.25) is 5.91 Å². The van der Waals surface area contributed by atoms with Crippen LogP contribution in [0, 0.1) is 5.92 Å². The van der Waals surface area contributed by atoms with Crippen molar-refractivity contribution >= 4 is 23.3 Å². The van der Waals surface area contributed by atoms with Crippen molar-refractivity contribution in [3.63, 3.8) is 0 Å². The lowest BCUT2D eigenvalue weighted by Crippen LogP contribution is -2.48. The zero-order chi connectivity index (χ0) is 21.9. The fraction of sp³-hybridized carbons (Fsp3) is 0.280. The molecule has 1 N–H and O–H groups in total. The van der Waals surface area contributed by atoms with E-state index in [4.69, 9.17) is 0 Å². The van der Waals surface area contributed by atoms with Gasteiger partial charge in [-0.2, -0.15) is 5.10 Å². The number of anilines is 2. The number of benzene rings is 2. The Balaban J connectivity index is 1.12. The maximum Gasteiger partial charge on any atom is 0.253 e. The van der Waals surface area contributed by atoms with Crippen molar-refractivity contribution in [1.82, 2.24) is 15.1 Å². The van der Waals surface area contributed by atoms with E-state index in [0.29, 0.717) is 12.5 Å². The minimum atomic E-state index is -0.0686. The number of amides is 2. The minimum Gasteiger partial charge on any atom is -0.354 e. The van der Waals surface area contributed by atoms with Crippen LogP contribution in [-0.4, -0.2) is 53.1 Å². The molecule has 0 aliphatic carbocycles. The van der Waals surface area contributed by atoms with E-state index in [1.807, 2.05) is 71.6 Å². The Hall–Kier alpha value is -3.74. The normalized spacial score (nSPS) is 18.3. The Morgan fingerprint density at radius 3 is 2.41 bits per heavy atom. The van der Waals surface area contributed by atoms with Crippen molar-refractivity contribution in [1.29, 1.82) is 0 Å². The van der Waals surface area contributed by atoms with E-state index in [9.17, 15) is 9.59 Å². The molecule has 1 unspecified atom stereocenters. The Labute approximate surface area is 187 Å².